The fourth-order valence-electron chi connectivity index (χ4n) is 2.86. The van der Waals surface area contributed by atoms with Crippen LogP contribution in [-0.4, -0.2) is 21.1 Å². The molecule has 24 heavy (non-hydrogen) atoms. The van der Waals surface area contributed by atoms with Crippen LogP contribution in [0.25, 0.3) is 11.7 Å². The zero-order chi connectivity index (χ0) is 16.4. The molecule has 2 heterocycles. The van der Waals surface area contributed by atoms with Crippen LogP contribution in [0.15, 0.2) is 51.5 Å². The number of furan rings is 1. The number of rotatable bonds is 7. The van der Waals surface area contributed by atoms with Crippen LogP contribution in [0.4, 0.5) is 0 Å². The molecule has 0 radical (unpaired) electrons. The molecule has 2 aromatic heterocycles. The normalized spacial score (nSPS) is 14.4. The number of nitrogens with zero attached hydrogens (tertiary/aromatic N) is 3. The maximum Gasteiger partial charge on any atom is 0.283 e. The number of hydrogen-bond acceptors (Lipinski definition) is 5. The van der Waals surface area contributed by atoms with Gasteiger partial charge in [-0.1, -0.05) is 31.2 Å². The van der Waals surface area contributed by atoms with Crippen molar-refractivity contribution in [3.63, 3.8) is 0 Å². The summed E-state index contributed by atoms with van der Waals surface area (Å²) in [5.74, 6) is 1.69. The Bertz CT molecular complexity index is 773. The minimum Gasteiger partial charge on any atom is -0.459 e. The Balaban J connectivity index is 1.45. The topological polar surface area (TPSA) is 55.3 Å². The molecule has 124 valence electrons. The van der Waals surface area contributed by atoms with Gasteiger partial charge in [0.25, 0.3) is 5.89 Å². The highest BCUT2D eigenvalue weighted by molar-refractivity contribution is 5.42. The van der Waals surface area contributed by atoms with Gasteiger partial charge < -0.3 is 8.83 Å². The van der Waals surface area contributed by atoms with Crippen LogP contribution in [-0.2, 0) is 19.5 Å². The minimum atomic E-state index is 0.443. The Hall–Kier alpha value is -2.40. The van der Waals surface area contributed by atoms with Gasteiger partial charge in [-0.25, -0.2) is 0 Å². The van der Waals surface area contributed by atoms with Crippen molar-refractivity contribution in [2.75, 3.05) is 0 Å². The summed E-state index contributed by atoms with van der Waals surface area (Å²) in [4.78, 5) is 2.42. The molecule has 0 saturated heterocycles. The maximum atomic E-state index is 5.75. The molecular formula is C19H21N3O2. The van der Waals surface area contributed by atoms with E-state index in [-0.39, 0.29) is 0 Å². The molecule has 0 N–H and O–H groups in total. The number of aryl methyl sites for hydroxylation is 1. The lowest BCUT2D eigenvalue weighted by molar-refractivity contribution is 0.221. The van der Waals surface area contributed by atoms with Gasteiger partial charge in [-0.05, 0) is 42.5 Å². The van der Waals surface area contributed by atoms with Crippen molar-refractivity contribution in [2.24, 2.45) is 0 Å². The minimum absolute atomic E-state index is 0.443. The third-order valence-corrected chi connectivity index (χ3v) is 4.42. The van der Waals surface area contributed by atoms with Gasteiger partial charge in [0, 0.05) is 12.6 Å². The van der Waals surface area contributed by atoms with E-state index in [0.29, 0.717) is 30.1 Å². The second-order valence-corrected chi connectivity index (χ2v) is 6.28. The van der Waals surface area contributed by atoms with E-state index in [2.05, 4.69) is 46.3 Å². The summed E-state index contributed by atoms with van der Waals surface area (Å²) in [7, 11) is 0. The third-order valence-electron chi connectivity index (χ3n) is 4.42. The molecule has 1 aromatic carbocycles. The first-order valence-corrected chi connectivity index (χ1v) is 8.50. The molecule has 0 amide bonds. The Labute approximate surface area is 141 Å². The monoisotopic (exact) mass is 323 g/mol. The van der Waals surface area contributed by atoms with Crippen molar-refractivity contribution in [1.82, 2.24) is 15.1 Å². The Morgan fingerprint density at radius 2 is 1.83 bits per heavy atom. The van der Waals surface area contributed by atoms with Crippen LogP contribution < -0.4 is 0 Å². The SMILES string of the molecule is CCc1ccc(CN(Cc2nnc(-c3ccco3)o2)C2CC2)cc1. The van der Waals surface area contributed by atoms with E-state index in [0.717, 1.165) is 13.0 Å². The van der Waals surface area contributed by atoms with Gasteiger partial charge in [0.2, 0.25) is 5.89 Å². The first-order chi connectivity index (χ1) is 11.8. The molecule has 1 aliphatic carbocycles. The zero-order valence-corrected chi connectivity index (χ0v) is 13.8. The summed E-state index contributed by atoms with van der Waals surface area (Å²) in [6.07, 6.45) is 5.16. The first-order valence-electron chi connectivity index (χ1n) is 8.50. The van der Waals surface area contributed by atoms with Crippen LogP contribution in [0.5, 0.6) is 0 Å². The molecule has 0 spiro atoms. The van der Waals surface area contributed by atoms with Gasteiger partial charge in [0.05, 0.1) is 12.8 Å². The Kier molecular flexibility index (Phi) is 4.17. The molecule has 0 unspecified atom stereocenters. The van der Waals surface area contributed by atoms with E-state index in [1.54, 1.807) is 6.26 Å². The summed E-state index contributed by atoms with van der Waals surface area (Å²) < 4.78 is 11.1. The smallest absolute Gasteiger partial charge is 0.283 e. The lowest BCUT2D eigenvalue weighted by Gasteiger charge is -2.20. The van der Waals surface area contributed by atoms with Crippen molar-refractivity contribution < 1.29 is 8.83 Å². The Morgan fingerprint density at radius 1 is 1.04 bits per heavy atom. The second kappa shape index (κ2) is 6.61. The van der Waals surface area contributed by atoms with Crippen LogP contribution in [0.3, 0.4) is 0 Å². The fourth-order valence-corrected chi connectivity index (χ4v) is 2.86. The van der Waals surface area contributed by atoms with E-state index in [4.69, 9.17) is 8.83 Å². The van der Waals surface area contributed by atoms with E-state index in [9.17, 15) is 0 Å². The van der Waals surface area contributed by atoms with Crippen molar-refractivity contribution in [3.8, 4) is 11.7 Å². The molecule has 0 aliphatic heterocycles. The lowest BCUT2D eigenvalue weighted by Crippen LogP contribution is -2.25. The van der Waals surface area contributed by atoms with Crippen LogP contribution in [0, 0.1) is 0 Å². The summed E-state index contributed by atoms with van der Waals surface area (Å²) >= 11 is 0. The fraction of sp³-hybridized carbons (Fsp3) is 0.368. The average Bonchev–Trinajstić information content (AvgIpc) is 3.11. The van der Waals surface area contributed by atoms with E-state index >= 15 is 0 Å². The van der Waals surface area contributed by atoms with Gasteiger partial charge in [-0.2, -0.15) is 0 Å². The van der Waals surface area contributed by atoms with E-state index < -0.39 is 0 Å². The third kappa shape index (κ3) is 3.41. The van der Waals surface area contributed by atoms with Gasteiger partial charge in [0.1, 0.15) is 0 Å². The van der Waals surface area contributed by atoms with Crippen molar-refractivity contribution >= 4 is 0 Å². The van der Waals surface area contributed by atoms with Gasteiger partial charge in [0.15, 0.2) is 5.76 Å². The molecule has 0 bridgehead atoms. The number of aromatic nitrogens is 2. The Morgan fingerprint density at radius 3 is 2.50 bits per heavy atom. The standard InChI is InChI=1S/C19H21N3O2/c1-2-14-5-7-15(8-6-14)12-22(16-9-10-16)13-18-20-21-19(24-18)17-4-3-11-23-17/h3-8,11,16H,2,9-10,12-13H2,1H3. The molecule has 5 heteroatoms. The van der Waals surface area contributed by atoms with Crippen LogP contribution >= 0.6 is 0 Å². The van der Waals surface area contributed by atoms with Crippen molar-refractivity contribution in [2.45, 2.75) is 45.3 Å². The van der Waals surface area contributed by atoms with Gasteiger partial charge in [-0.15, -0.1) is 10.2 Å². The zero-order valence-electron chi connectivity index (χ0n) is 13.8. The predicted molar refractivity (Wildman–Crippen MR) is 90.1 cm³/mol. The van der Waals surface area contributed by atoms with E-state index in [1.165, 1.54) is 24.0 Å². The van der Waals surface area contributed by atoms with Gasteiger partial charge in [-0.3, -0.25) is 4.90 Å². The quantitative estimate of drug-likeness (QED) is 0.656. The molecule has 1 saturated carbocycles. The number of hydrogen-bond donors (Lipinski definition) is 0. The highest BCUT2D eigenvalue weighted by atomic mass is 16.4. The molecule has 3 aromatic rings. The first kappa shape index (κ1) is 15.1. The molecule has 5 nitrogen and oxygen atoms in total. The highest BCUT2D eigenvalue weighted by Gasteiger charge is 2.30. The highest BCUT2D eigenvalue weighted by Crippen LogP contribution is 2.30. The average molecular weight is 323 g/mol. The molecule has 1 aliphatic rings. The van der Waals surface area contributed by atoms with Crippen LogP contribution in [0.1, 0.15) is 36.8 Å². The molecule has 1 fully saturated rings. The summed E-state index contributed by atoms with van der Waals surface area (Å²) in [6, 6.07) is 13.1. The second-order valence-electron chi connectivity index (χ2n) is 6.28. The molecular weight excluding hydrogens is 302 g/mol. The largest absolute Gasteiger partial charge is 0.459 e. The van der Waals surface area contributed by atoms with E-state index in [1.807, 2.05) is 12.1 Å². The predicted octanol–water partition coefficient (Wildman–Crippen LogP) is 4.06. The number of benzene rings is 1. The molecule has 4 rings (SSSR count). The van der Waals surface area contributed by atoms with Crippen LogP contribution in [0.2, 0.25) is 0 Å². The van der Waals surface area contributed by atoms with Gasteiger partial charge >= 0.3 is 0 Å². The maximum absolute atomic E-state index is 5.75. The summed E-state index contributed by atoms with van der Waals surface area (Å²) in [5, 5.41) is 8.26. The van der Waals surface area contributed by atoms with Crippen molar-refractivity contribution in [1.29, 1.82) is 0 Å². The summed E-state index contributed by atoms with van der Waals surface area (Å²) in [5.41, 5.74) is 2.70. The van der Waals surface area contributed by atoms with Crippen molar-refractivity contribution in [3.05, 3.63) is 59.7 Å². The molecule has 0 atom stereocenters. The summed E-state index contributed by atoms with van der Waals surface area (Å²) in [6.45, 7) is 3.76. The lowest BCUT2D eigenvalue weighted by atomic mass is 10.1.